The van der Waals surface area contributed by atoms with Crippen LogP contribution >= 0.6 is 0 Å². The number of halogens is 1. The fraction of sp³-hybridized carbons (Fsp3) is 0.250. The third-order valence-corrected chi connectivity index (χ3v) is 3.24. The molecular weight excluding hydrogens is 257 g/mol. The molecule has 2 N–H and O–H groups in total. The lowest BCUT2D eigenvalue weighted by Gasteiger charge is -2.15. The lowest BCUT2D eigenvalue weighted by atomic mass is 9.99. The van der Waals surface area contributed by atoms with Gasteiger partial charge in [0, 0.05) is 6.04 Å². The van der Waals surface area contributed by atoms with E-state index in [0.717, 1.165) is 16.9 Å². The van der Waals surface area contributed by atoms with Gasteiger partial charge < -0.3 is 15.2 Å². The molecule has 0 aliphatic heterocycles. The van der Waals surface area contributed by atoms with Crippen molar-refractivity contribution >= 4 is 0 Å². The molecule has 0 saturated carbocycles. The smallest absolute Gasteiger partial charge is 0.165 e. The van der Waals surface area contributed by atoms with Crippen molar-refractivity contribution in [1.82, 2.24) is 0 Å². The summed E-state index contributed by atoms with van der Waals surface area (Å²) in [6.45, 7) is 0. The minimum absolute atomic E-state index is 0.221. The Morgan fingerprint density at radius 1 is 1.05 bits per heavy atom. The summed E-state index contributed by atoms with van der Waals surface area (Å²) in [5, 5.41) is 0. The Morgan fingerprint density at radius 2 is 1.75 bits per heavy atom. The predicted molar refractivity (Wildman–Crippen MR) is 76.6 cm³/mol. The zero-order valence-electron chi connectivity index (χ0n) is 11.6. The van der Waals surface area contributed by atoms with Crippen molar-refractivity contribution in [1.29, 1.82) is 0 Å². The van der Waals surface area contributed by atoms with Gasteiger partial charge >= 0.3 is 0 Å². The van der Waals surface area contributed by atoms with Gasteiger partial charge in [-0.05, 0) is 35.7 Å². The summed E-state index contributed by atoms with van der Waals surface area (Å²) in [6, 6.07) is 12.2. The summed E-state index contributed by atoms with van der Waals surface area (Å²) in [4.78, 5) is 0. The average Bonchev–Trinajstić information content (AvgIpc) is 2.47. The summed E-state index contributed by atoms with van der Waals surface area (Å²) >= 11 is 0. The molecule has 0 heterocycles. The first-order chi connectivity index (χ1) is 9.65. The first-order valence-electron chi connectivity index (χ1n) is 6.36. The van der Waals surface area contributed by atoms with E-state index in [1.807, 2.05) is 24.3 Å². The van der Waals surface area contributed by atoms with Crippen LogP contribution in [0.5, 0.6) is 11.5 Å². The fourth-order valence-electron chi connectivity index (χ4n) is 2.14. The SMILES string of the molecule is COc1ccc(C(N)Cc2ccccc2OC)cc1F. The van der Waals surface area contributed by atoms with Crippen LogP contribution in [-0.2, 0) is 6.42 Å². The second kappa shape index (κ2) is 6.39. The van der Waals surface area contributed by atoms with Crippen molar-refractivity contribution in [3.05, 3.63) is 59.4 Å². The van der Waals surface area contributed by atoms with Crippen LogP contribution in [0.25, 0.3) is 0 Å². The molecule has 4 heteroatoms. The van der Waals surface area contributed by atoms with E-state index in [0.29, 0.717) is 6.42 Å². The largest absolute Gasteiger partial charge is 0.496 e. The van der Waals surface area contributed by atoms with Crippen molar-refractivity contribution in [2.45, 2.75) is 12.5 Å². The highest BCUT2D eigenvalue weighted by atomic mass is 19.1. The number of benzene rings is 2. The van der Waals surface area contributed by atoms with Crippen molar-refractivity contribution in [3.8, 4) is 11.5 Å². The summed E-state index contributed by atoms with van der Waals surface area (Å²) in [5.41, 5.74) is 7.88. The zero-order chi connectivity index (χ0) is 14.5. The van der Waals surface area contributed by atoms with Gasteiger partial charge in [0.05, 0.1) is 14.2 Å². The number of hydrogen-bond acceptors (Lipinski definition) is 3. The van der Waals surface area contributed by atoms with Gasteiger partial charge in [-0.1, -0.05) is 24.3 Å². The number of para-hydroxylation sites is 1. The maximum atomic E-state index is 13.7. The van der Waals surface area contributed by atoms with E-state index in [1.165, 1.54) is 13.2 Å². The van der Waals surface area contributed by atoms with E-state index in [9.17, 15) is 4.39 Å². The van der Waals surface area contributed by atoms with E-state index in [-0.39, 0.29) is 11.8 Å². The van der Waals surface area contributed by atoms with E-state index >= 15 is 0 Å². The molecule has 0 aliphatic rings. The zero-order valence-corrected chi connectivity index (χ0v) is 11.6. The monoisotopic (exact) mass is 275 g/mol. The second-order valence-corrected chi connectivity index (χ2v) is 4.52. The summed E-state index contributed by atoms with van der Waals surface area (Å²) in [5.74, 6) is 0.607. The van der Waals surface area contributed by atoms with Gasteiger partial charge in [-0.3, -0.25) is 0 Å². The Labute approximate surface area is 118 Å². The number of rotatable bonds is 5. The molecule has 20 heavy (non-hydrogen) atoms. The maximum absolute atomic E-state index is 13.7. The van der Waals surface area contributed by atoms with Gasteiger partial charge in [0.1, 0.15) is 5.75 Å². The molecule has 2 rings (SSSR count). The summed E-state index contributed by atoms with van der Waals surface area (Å²) < 4.78 is 23.9. The third-order valence-electron chi connectivity index (χ3n) is 3.24. The van der Waals surface area contributed by atoms with Crippen molar-refractivity contribution < 1.29 is 13.9 Å². The highest BCUT2D eigenvalue weighted by molar-refractivity contribution is 5.36. The molecule has 0 amide bonds. The van der Waals surface area contributed by atoms with Gasteiger partial charge in [-0.25, -0.2) is 4.39 Å². The highest BCUT2D eigenvalue weighted by Gasteiger charge is 2.13. The lowest BCUT2D eigenvalue weighted by Crippen LogP contribution is -2.14. The normalized spacial score (nSPS) is 12.0. The molecule has 0 radical (unpaired) electrons. The molecule has 0 fully saturated rings. The van der Waals surface area contributed by atoms with E-state index < -0.39 is 5.82 Å². The number of nitrogens with two attached hydrogens (primary N) is 1. The number of methoxy groups -OCH3 is 2. The molecule has 0 aromatic heterocycles. The van der Waals surface area contributed by atoms with Crippen LogP contribution < -0.4 is 15.2 Å². The average molecular weight is 275 g/mol. The third kappa shape index (κ3) is 3.08. The molecule has 2 aromatic carbocycles. The second-order valence-electron chi connectivity index (χ2n) is 4.52. The first-order valence-corrected chi connectivity index (χ1v) is 6.36. The fourth-order valence-corrected chi connectivity index (χ4v) is 2.14. The first kappa shape index (κ1) is 14.3. The molecule has 1 atom stereocenters. The topological polar surface area (TPSA) is 44.5 Å². The molecular formula is C16H18FNO2. The van der Waals surface area contributed by atoms with Gasteiger partial charge in [0.15, 0.2) is 11.6 Å². The highest BCUT2D eigenvalue weighted by Crippen LogP contribution is 2.26. The molecule has 1 unspecified atom stereocenters. The molecule has 0 saturated heterocycles. The van der Waals surface area contributed by atoms with Crippen LogP contribution in [0.15, 0.2) is 42.5 Å². The Hall–Kier alpha value is -2.07. The predicted octanol–water partition coefficient (Wildman–Crippen LogP) is 3.09. The molecule has 3 nitrogen and oxygen atoms in total. The summed E-state index contributed by atoms with van der Waals surface area (Å²) in [7, 11) is 3.06. The van der Waals surface area contributed by atoms with Gasteiger partial charge in [0.2, 0.25) is 0 Å². The Kier molecular flexibility index (Phi) is 4.58. The Balaban J connectivity index is 2.19. The molecule has 0 bridgehead atoms. The Morgan fingerprint density at radius 3 is 2.40 bits per heavy atom. The minimum atomic E-state index is -0.402. The van der Waals surface area contributed by atoms with Gasteiger partial charge in [0.25, 0.3) is 0 Å². The summed E-state index contributed by atoms with van der Waals surface area (Å²) in [6.07, 6.45) is 0.579. The molecule has 2 aromatic rings. The minimum Gasteiger partial charge on any atom is -0.496 e. The van der Waals surface area contributed by atoms with Crippen LogP contribution in [0.1, 0.15) is 17.2 Å². The lowest BCUT2D eigenvalue weighted by molar-refractivity contribution is 0.385. The van der Waals surface area contributed by atoms with Gasteiger partial charge in [-0.15, -0.1) is 0 Å². The Bertz CT molecular complexity index is 586. The van der Waals surface area contributed by atoms with Crippen LogP contribution in [-0.4, -0.2) is 14.2 Å². The molecule has 106 valence electrons. The number of hydrogen-bond donors (Lipinski definition) is 1. The van der Waals surface area contributed by atoms with Crippen LogP contribution in [0.4, 0.5) is 4.39 Å². The van der Waals surface area contributed by atoms with E-state index in [2.05, 4.69) is 0 Å². The van der Waals surface area contributed by atoms with Crippen LogP contribution in [0, 0.1) is 5.82 Å². The van der Waals surface area contributed by atoms with Crippen LogP contribution in [0.2, 0.25) is 0 Å². The van der Waals surface area contributed by atoms with E-state index in [4.69, 9.17) is 15.2 Å². The van der Waals surface area contributed by atoms with Crippen molar-refractivity contribution in [2.75, 3.05) is 14.2 Å². The molecule has 0 spiro atoms. The van der Waals surface area contributed by atoms with Crippen molar-refractivity contribution in [2.24, 2.45) is 5.73 Å². The molecule has 0 aliphatic carbocycles. The van der Waals surface area contributed by atoms with Gasteiger partial charge in [-0.2, -0.15) is 0 Å². The standard InChI is InChI=1S/C16H18FNO2/c1-19-15-6-4-3-5-12(15)10-14(18)11-7-8-16(20-2)13(17)9-11/h3-9,14H,10,18H2,1-2H3. The number of ether oxygens (including phenoxy) is 2. The van der Waals surface area contributed by atoms with E-state index in [1.54, 1.807) is 19.2 Å². The maximum Gasteiger partial charge on any atom is 0.165 e. The van der Waals surface area contributed by atoms with Crippen LogP contribution in [0.3, 0.4) is 0 Å². The quantitative estimate of drug-likeness (QED) is 0.912. The van der Waals surface area contributed by atoms with Crippen molar-refractivity contribution in [3.63, 3.8) is 0 Å².